The summed E-state index contributed by atoms with van der Waals surface area (Å²) in [5.41, 5.74) is -0.724. The molecule has 2 unspecified atom stereocenters. The van der Waals surface area contributed by atoms with E-state index in [0.29, 0.717) is 0 Å². The molecule has 2 amide bonds. The Hall–Kier alpha value is -1.87. The van der Waals surface area contributed by atoms with Gasteiger partial charge < -0.3 is 30.0 Å². The SMILES string of the molecule is COCC(NC(=O)C(COC)NC(=O)OC(C)(C)C)C(=O)O. The molecular weight excluding hydrogens is 296 g/mol. The zero-order valence-electron chi connectivity index (χ0n) is 13.5. The number of methoxy groups -OCH3 is 2. The number of rotatable bonds is 8. The lowest BCUT2D eigenvalue weighted by Crippen LogP contribution is -2.55. The van der Waals surface area contributed by atoms with E-state index in [2.05, 4.69) is 10.6 Å². The molecule has 0 aliphatic carbocycles. The second-order valence-electron chi connectivity index (χ2n) is 5.51. The molecule has 22 heavy (non-hydrogen) atoms. The summed E-state index contributed by atoms with van der Waals surface area (Å²) in [4.78, 5) is 34.7. The summed E-state index contributed by atoms with van der Waals surface area (Å²) in [7, 11) is 2.66. The summed E-state index contributed by atoms with van der Waals surface area (Å²) in [5, 5.41) is 13.5. The number of hydrogen-bond acceptors (Lipinski definition) is 6. The molecule has 2 atom stereocenters. The van der Waals surface area contributed by atoms with Gasteiger partial charge in [0, 0.05) is 14.2 Å². The van der Waals surface area contributed by atoms with Gasteiger partial charge in [0.1, 0.15) is 11.6 Å². The third-order valence-corrected chi connectivity index (χ3v) is 2.29. The molecule has 3 N–H and O–H groups in total. The first-order valence-electron chi connectivity index (χ1n) is 6.61. The van der Waals surface area contributed by atoms with Gasteiger partial charge >= 0.3 is 12.1 Å². The van der Waals surface area contributed by atoms with Crippen LogP contribution in [0.2, 0.25) is 0 Å². The van der Waals surface area contributed by atoms with E-state index in [1.54, 1.807) is 20.8 Å². The van der Waals surface area contributed by atoms with Crippen molar-refractivity contribution < 1.29 is 33.7 Å². The number of carboxylic acids is 1. The van der Waals surface area contributed by atoms with Crippen molar-refractivity contribution >= 4 is 18.0 Å². The van der Waals surface area contributed by atoms with Crippen LogP contribution in [0.4, 0.5) is 4.79 Å². The van der Waals surface area contributed by atoms with E-state index in [4.69, 9.17) is 19.3 Å². The van der Waals surface area contributed by atoms with Crippen LogP contribution in [-0.4, -0.2) is 68.2 Å². The van der Waals surface area contributed by atoms with E-state index in [-0.39, 0.29) is 13.2 Å². The molecule has 0 radical (unpaired) electrons. The molecule has 0 saturated heterocycles. The van der Waals surface area contributed by atoms with E-state index in [1.807, 2.05) is 0 Å². The topological polar surface area (TPSA) is 123 Å². The fourth-order valence-electron chi connectivity index (χ4n) is 1.41. The fourth-order valence-corrected chi connectivity index (χ4v) is 1.41. The lowest BCUT2D eigenvalue weighted by molar-refractivity contribution is -0.143. The summed E-state index contributed by atoms with van der Waals surface area (Å²) >= 11 is 0. The largest absolute Gasteiger partial charge is 0.480 e. The quantitative estimate of drug-likeness (QED) is 0.563. The Labute approximate surface area is 129 Å². The van der Waals surface area contributed by atoms with Crippen molar-refractivity contribution in [3.8, 4) is 0 Å². The summed E-state index contributed by atoms with van der Waals surface area (Å²) in [5.74, 6) is -1.96. The number of carbonyl (C=O) groups is 3. The maximum Gasteiger partial charge on any atom is 0.408 e. The van der Waals surface area contributed by atoms with Gasteiger partial charge in [-0.15, -0.1) is 0 Å². The van der Waals surface area contributed by atoms with Crippen LogP contribution in [0.3, 0.4) is 0 Å². The van der Waals surface area contributed by atoms with Gasteiger partial charge in [-0.25, -0.2) is 9.59 Å². The van der Waals surface area contributed by atoms with Gasteiger partial charge in [0.25, 0.3) is 0 Å². The van der Waals surface area contributed by atoms with Crippen molar-refractivity contribution in [1.82, 2.24) is 10.6 Å². The van der Waals surface area contributed by atoms with Crippen LogP contribution < -0.4 is 10.6 Å². The molecule has 0 fully saturated rings. The number of nitrogens with one attached hydrogen (secondary N) is 2. The third-order valence-electron chi connectivity index (χ3n) is 2.29. The first-order valence-corrected chi connectivity index (χ1v) is 6.61. The molecule has 0 aromatic carbocycles. The van der Waals surface area contributed by atoms with Crippen molar-refractivity contribution in [2.45, 2.75) is 38.5 Å². The monoisotopic (exact) mass is 320 g/mol. The number of aliphatic carboxylic acids is 1. The number of alkyl carbamates (subject to hydrolysis) is 1. The van der Waals surface area contributed by atoms with Crippen LogP contribution in [0.25, 0.3) is 0 Å². The molecule has 0 aliphatic heterocycles. The molecular formula is C13H24N2O7. The Morgan fingerprint density at radius 2 is 1.50 bits per heavy atom. The Morgan fingerprint density at radius 1 is 1.00 bits per heavy atom. The minimum absolute atomic E-state index is 0.135. The highest BCUT2D eigenvalue weighted by Gasteiger charge is 2.28. The molecule has 128 valence electrons. The van der Waals surface area contributed by atoms with Gasteiger partial charge in [-0.05, 0) is 20.8 Å². The molecule has 9 nitrogen and oxygen atoms in total. The van der Waals surface area contributed by atoms with Gasteiger partial charge in [-0.3, -0.25) is 4.79 Å². The van der Waals surface area contributed by atoms with Crippen LogP contribution in [0.15, 0.2) is 0 Å². The number of amides is 2. The zero-order valence-corrected chi connectivity index (χ0v) is 13.5. The zero-order chi connectivity index (χ0) is 17.3. The standard InChI is InChI=1S/C13H24N2O7/c1-13(2,3)22-12(19)15-8(6-20-4)10(16)14-9(7-21-5)11(17)18/h8-9H,6-7H2,1-5H3,(H,14,16)(H,15,19)(H,17,18). The van der Waals surface area contributed by atoms with Gasteiger partial charge in [-0.1, -0.05) is 0 Å². The lowest BCUT2D eigenvalue weighted by atomic mass is 10.2. The molecule has 9 heteroatoms. The minimum atomic E-state index is -1.25. The average molecular weight is 320 g/mol. The van der Waals surface area contributed by atoms with Gasteiger partial charge in [0.15, 0.2) is 6.04 Å². The van der Waals surface area contributed by atoms with Crippen molar-refractivity contribution in [3.05, 3.63) is 0 Å². The van der Waals surface area contributed by atoms with Crippen LogP contribution in [0, 0.1) is 0 Å². The number of carboxylic acid groups (broad SMARTS) is 1. The first kappa shape index (κ1) is 20.1. The summed E-state index contributed by atoms with van der Waals surface area (Å²) in [6.45, 7) is 4.70. The second-order valence-corrected chi connectivity index (χ2v) is 5.51. The normalized spacial score (nSPS) is 13.9. The lowest BCUT2D eigenvalue weighted by Gasteiger charge is -2.24. The fraction of sp³-hybridized carbons (Fsp3) is 0.769. The highest BCUT2D eigenvalue weighted by molar-refractivity contribution is 5.89. The van der Waals surface area contributed by atoms with E-state index in [9.17, 15) is 14.4 Å². The van der Waals surface area contributed by atoms with Crippen molar-refractivity contribution in [1.29, 1.82) is 0 Å². The van der Waals surface area contributed by atoms with Crippen LogP contribution >= 0.6 is 0 Å². The molecule has 0 saturated carbocycles. The van der Waals surface area contributed by atoms with E-state index < -0.39 is 35.7 Å². The molecule has 0 rings (SSSR count). The summed E-state index contributed by atoms with van der Waals surface area (Å²) < 4.78 is 14.6. The number of hydrogen-bond donors (Lipinski definition) is 3. The average Bonchev–Trinajstić information content (AvgIpc) is 2.35. The minimum Gasteiger partial charge on any atom is -0.480 e. The predicted molar refractivity (Wildman–Crippen MR) is 76.5 cm³/mol. The second kappa shape index (κ2) is 9.21. The van der Waals surface area contributed by atoms with Gasteiger partial charge in [-0.2, -0.15) is 0 Å². The number of ether oxygens (including phenoxy) is 3. The Kier molecular flexibility index (Phi) is 8.43. The smallest absolute Gasteiger partial charge is 0.408 e. The summed E-state index contributed by atoms with van der Waals surface area (Å²) in [6, 6.07) is -2.31. The van der Waals surface area contributed by atoms with Crippen LogP contribution in [-0.2, 0) is 23.8 Å². The third kappa shape index (κ3) is 8.42. The van der Waals surface area contributed by atoms with Crippen LogP contribution in [0.5, 0.6) is 0 Å². The van der Waals surface area contributed by atoms with E-state index >= 15 is 0 Å². The summed E-state index contributed by atoms with van der Waals surface area (Å²) in [6.07, 6.45) is -0.802. The van der Waals surface area contributed by atoms with Crippen LogP contribution in [0.1, 0.15) is 20.8 Å². The Bertz CT molecular complexity index is 392. The van der Waals surface area contributed by atoms with Gasteiger partial charge in [0.2, 0.25) is 5.91 Å². The first-order chi connectivity index (χ1) is 10.1. The predicted octanol–water partition coefficient (Wildman–Crippen LogP) is -0.258. The van der Waals surface area contributed by atoms with E-state index in [0.717, 1.165) is 0 Å². The van der Waals surface area contributed by atoms with Gasteiger partial charge in [0.05, 0.1) is 13.2 Å². The highest BCUT2D eigenvalue weighted by Crippen LogP contribution is 2.06. The van der Waals surface area contributed by atoms with E-state index in [1.165, 1.54) is 14.2 Å². The molecule has 0 spiro atoms. The Balaban J connectivity index is 4.75. The molecule has 0 aromatic heterocycles. The maximum atomic E-state index is 12.0. The molecule has 0 heterocycles. The number of carbonyl (C=O) groups excluding carboxylic acids is 2. The maximum absolute atomic E-state index is 12.0. The Morgan fingerprint density at radius 3 is 1.91 bits per heavy atom. The van der Waals surface area contributed by atoms with Crippen molar-refractivity contribution in [3.63, 3.8) is 0 Å². The van der Waals surface area contributed by atoms with Crippen molar-refractivity contribution in [2.75, 3.05) is 27.4 Å². The van der Waals surface area contributed by atoms with Crippen molar-refractivity contribution in [2.24, 2.45) is 0 Å². The molecule has 0 aliphatic rings. The molecule has 0 bridgehead atoms. The molecule has 0 aromatic rings. The highest BCUT2D eigenvalue weighted by atomic mass is 16.6.